The average molecular weight is 1720 g/mol. The van der Waals surface area contributed by atoms with E-state index in [0.29, 0.717) is 96.7 Å². The Kier molecular flexibility index (Phi) is 28.4. The van der Waals surface area contributed by atoms with Gasteiger partial charge >= 0.3 is 0 Å². The smallest absolute Gasteiger partial charge is 0.257 e. The second-order valence-electron chi connectivity index (χ2n) is 30.9. The molecule has 0 radical (unpaired) electrons. The highest BCUT2D eigenvalue weighted by molar-refractivity contribution is 7.14. The molecular formula is C88H106N24O6S4. The largest absolute Gasteiger partial charge is 0.480 e. The Balaban J connectivity index is 0.000000126. The van der Waals surface area contributed by atoms with Gasteiger partial charge in [0, 0.05) is 148 Å². The zero-order chi connectivity index (χ0) is 84.8. The molecule has 18 rings (SSSR count). The van der Waals surface area contributed by atoms with Crippen molar-refractivity contribution in [1.29, 1.82) is 0 Å². The fourth-order valence-corrected chi connectivity index (χ4v) is 18.5. The molecule has 122 heavy (non-hydrogen) atoms. The lowest BCUT2D eigenvalue weighted by Crippen LogP contribution is -2.48. The summed E-state index contributed by atoms with van der Waals surface area (Å²) in [5, 5.41) is 26.2. The van der Waals surface area contributed by atoms with Crippen molar-refractivity contribution in [3.05, 3.63) is 200 Å². The number of thiophene rings is 4. The number of nitrogens with zero attached hydrogens (tertiary/aromatic N) is 24. The summed E-state index contributed by atoms with van der Waals surface area (Å²) in [7, 11) is 1.61. The summed E-state index contributed by atoms with van der Waals surface area (Å²) in [6.45, 7) is 35.1. The molecule has 0 atom stereocenters. The highest BCUT2D eigenvalue weighted by Crippen LogP contribution is 2.44. The van der Waals surface area contributed by atoms with Crippen molar-refractivity contribution in [2.24, 2.45) is 0 Å². The lowest BCUT2D eigenvalue weighted by Gasteiger charge is -2.36. The highest BCUT2D eigenvalue weighted by Gasteiger charge is 2.38. The van der Waals surface area contributed by atoms with E-state index < -0.39 is 0 Å². The Labute approximate surface area is 727 Å². The van der Waals surface area contributed by atoms with Crippen LogP contribution >= 0.6 is 45.3 Å². The third kappa shape index (κ3) is 20.0. The number of hydrogen-bond donors (Lipinski definition) is 0. The van der Waals surface area contributed by atoms with Crippen LogP contribution in [-0.2, 0) is 16.1 Å². The van der Waals surface area contributed by atoms with Crippen molar-refractivity contribution < 1.29 is 28.7 Å². The fourth-order valence-electron chi connectivity index (χ4n) is 15.5. The van der Waals surface area contributed by atoms with Crippen molar-refractivity contribution >= 4 is 69.0 Å². The van der Waals surface area contributed by atoms with E-state index in [1.54, 1.807) is 121 Å². The first-order chi connectivity index (χ1) is 59.6. The minimum atomic E-state index is -0.0315. The van der Waals surface area contributed by atoms with Crippen LogP contribution in [0.25, 0.3) is 66.1 Å². The third-order valence-electron chi connectivity index (χ3n) is 22.7. The Hall–Kier alpha value is -11.0. The van der Waals surface area contributed by atoms with Gasteiger partial charge in [-0.1, -0.05) is 51.5 Å². The second kappa shape index (κ2) is 40.3. The zero-order valence-electron chi connectivity index (χ0n) is 70.7. The van der Waals surface area contributed by atoms with E-state index in [1.807, 2.05) is 123 Å². The minimum Gasteiger partial charge on any atom is -0.480 e. The fraction of sp³-hybridized carbons (Fsp3) is 0.432. The Morgan fingerprint density at radius 2 is 0.820 bits per heavy atom. The molecule has 638 valence electrons. The summed E-state index contributed by atoms with van der Waals surface area (Å²) in [4.78, 5) is 111. The van der Waals surface area contributed by atoms with Crippen molar-refractivity contribution in [3.63, 3.8) is 0 Å². The van der Waals surface area contributed by atoms with Crippen LogP contribution < -0.4 is 0 Å². The Morgan fingerprint density at radius 3 is 1.25 bits per heavy atom. The quantitative estimate of drug-likeness (QED) is 0.0480. The van der Waals surface area contributed by atoms with E-state index in [1.165, 1.54) is 12.8 Å². The van der Waals surface area contributed by atoms with Gasteiger partial charge in [0.25, 0.3) is 47.4 Å². The maximum absolute atomic E-state index is 13.4. The van der Waals surface area contributed by atoms with E-state index >= 15 is 0 Å². The first-order valence-corrected chi connectivity index (χ1v) is 45.8. The molecule has 4 aliphatic heterocycles. The van der Waals surface area contributed by atoms with Gasteiger partial charge in [0.15, 0.2) is 5.88 Å². The number of likely N-dealkylation sites (N-methyl/N-ethyl adjacent to an activating group) is 1. The monoisotopic (exact) mass is 1720 g/mol. The molecule has 0 aromatic carbocycles. The number of amides is 4. The summed E-state index contributed by atoms with van der Waals surface area (Å²) >= 11 is 6.56. The van der Waals surface area contributed by atoms with E-state index in [2.05, 4.69) is 93.3 Å². The normalized spacial score (nSPS) is 15.9. The van der Waals surface area contributed by atoms with Crippen LogP contribution in [-0.4, -0.2) is 280 Å². The molecule has 6 fully saturated rings. The van der Waals surface area contributed by atoms with Crippen molar-refractivity contribution in [2.45, 2.75) is 112 Å². The molecule has 34 heteroatoms. The first kappa shape index (κ1) is 86.0. The third-order valence-corrected chi connectivity index (χ3v) is 26.2. The molecule has 0 spiro atoms. The van der Waals surface area contributed by atoms with Crippen LogP contribution in [0.3, 0.4) is 0 Å². The zero-order valence-corrected chi connectivity index (χ0v) is 73.9. The number of aryl methyl sites for hydroxylation is 2. The maximum Gasteiger partial charge on any atom is 0.257 e. The van der Waals surface area contributed by atoms with Crippen LogP contribution in [0.15, 0.2) is 144 Å². The van der Waals surface area contributed by atoms with Crippen LogP contribution in [0.1, 0.15) is 160 Å². The number of carbonyl (C=O) groups excluding carboxylic acids is 4. The molecule has 4 saturated heterocycles. The Morgan fingerprint density at radius 1 is 0.426 bits per heavy atom. The van der Waals surface area contributed by atoms with Crippen LogP contribution in [0.4, 0.5) is 0 Å². The van der Waals surface area contributed by atoms with Gasteiger partial charge in [0.1, 0.15) is 0 Å². The Bertz CT molecular complexity index is 5490. The van der Waals surface area contributed by atoms with Gasteiger partial charge in [-0.15, -0.1) is 45.3 Å². The number of carbonyl (C=O) groups is 4. The second-order valence-corrected chi connectivity index (χ2v) is 34.7. The summed E-state index contributed by atoms with van der Waals surface area (Å²) in [6.07, 6.45) is 21.7. The number of aromatic nitrogens is 16. The molecule has 12 aromatic rings. The van der Waals surface area contributed by atoms with Gasteiger partial charge in [-0.2, -0.15) is 25.1 Å². The number of hydrogen-bond acceptors (Lipinski definition) is 26. The minimum absolute atomic E-state index is 0.0139. The highest BCUT2D eigenvalue weighted by atomic mass is 32.1. The molecule has 6 aliphatic rings. The molecular weight excluding hydrogens is 1620 g/mol. The molecule has 0 bridgehead atoms. The van der Waals surface area contributed by atoms with Gasteiger partial charge < -0.3 is 38.9 Å². The summed E-state index contributed by atoms with van der Waals surface area (Å²) < 4.78 is 17.7. The van der Waals surface area contributed by atoms with Crippen molar-refractivity contribution in [1.82, 2.24) is 118 Å². The molecule has 0 N–H and O–H groups in total. The lowest BCUT2D eigenvalue weighted by atomic mass is 10.1. The predicted octanol–water partition coefficient (Wildman–Crippen LogP) is 13.2. The first-order valence-electron chi connectivity index (χ1n) is 42.3. The molecule has 12 aromatic heterocycles. The van der Waals surface area contributed by atoms with Gasteiger partial charge in [0.2, 0.25) is 0 Å². The number of rotatable bonds is 25. The number of piperazine rings is 4. The maximum atomic E-state index is 13.4. The van der Waals surface area contributed by atoms with E-state index in [4.69, 9.17) is 29.4 Å². The van der Waals surface area contributed by atoms with Crippen LogP contribution in [0.5, 0.6) is 0 Å². The SMILES string of the molecule is C=C(OCC)N1CCN(C(=O)c2cnn(-c3ncc(C)c(-c4cccs4)n3)c2C)CC1.CCCCN1CCN(C(=O)c2cnn(-c3nccc(-c4cccs4)n3)c2C2CC2)CC1.CCCN1CCN(C(=O)c2cnn(-c3ncc(C)c(-c4cccs4)n3)c2COC)CC1.CCN1CCN(C(=O)c2cnn(-c3nccc(-c4cccs4)n3)c2C2CC2)CC1. The molecule has 2 aliphatic carbocycles. The van der Waals surface area contributed by atoms with Gasteiger partial charge in [-0.3, -0.25) is 29.0 Å². The molecule has 30 nitrogen and oxygen atoms in total. The van der Waals surface area contributed by atoms with Crippen molar-refractivity contribution in [2.75, 3.05) is 138 Å². The summed E-state index contributed by atoms with van der Waals surface area (Å²) in [5.41, 5.74) is 11.4. The van der Waals surface area contributed by atoms with Crippen LogP contribution in [0.2, 0.25) is 0 Å². The predicted molar refractivity (Wildman–Crippen MR) is 475 cm³/mol. The number of ether oxygens (including phenoxy) is 2. The molecule has 2 saturated carbocycles. The molecule has 4 amide bonds. The van der Waals surface area contributed by atoms with Crippen molar-refractivity contribution in [3.8, 4) is 66.1 Å². The molecule has 0 unspecified atom stereocenters. The summed E-state index contributed by atoms with van der Waals surface area (Å²) in [6, 6.07) is 20.0. The topological polar surface area (TPSA) is 287 Å². The van der Waals surface area contributed by atoms with E-state index in [-0.39, 0.29) is 30.2 Å². The number of methoxy groups -OCH3 is 1. The standard InChI is InChI=1S/C23H28N6OS.C22H26N6O2S.C22H28N6O2S.C21H24N6OS/c1-2-3-10-27-11-13-28(14-12-27)22(30)18-16-25-29(21(18)17-6-7-17)23-24-9-8-19(26-23)20-5-4-15-31-20;1-5-30-17(4)26-8-10-27(11-9-26)21(29)18-14-24-28(16(18)3)22-23-13-15(2)20(25-22)19-7-6-12-31-19;1-4-7-26-8-10-27(11-9-26)21(29)17-14-24-28(18(17)15-30-3)22-23-13-16(2)20(25-22)19-6-5-12-31-19;1-2-25-9-11-26(12-10-25)20(28)16-14-23-27(19(16)15-5-6-15)21-22-8-7-17(24-21)18-4-3-13-29-18/h4-5,8-9,15-17H,2-3,6-7,10-14H2,1H3;6-7,12-14H,4-5,8-11H2,1-3H3;5-6,12-14H,4,7-11,15H2,1-3H3;3-4,7-8,13-15H,2,5-6,9-12H2,1H3. The summed E-state index contributed by atoms with van der Waals surface area (Å²) in [5.74, 6) is 3.50. The number of unbranched alkanes of at least 4 members (excludes halogenated alkanes) is 1. The van der Waals surface area contributed by atoms with Gasteiger partial charge in [-0.05, 0) is 161 Å². The van der Waals surface area contributed by atoms with E-state index in [9.17, 15) is 19.2 Å². The molecule has 16 heterocycles. The van der Waals surface area contributed by atoms with Gasteiger partial charge in [0.05, 0.1) is 125 Å². The van der Waals surface area contributed by atoms with Gasteiger partial charge in [-0.25, -0.2) is 53.9 Å². The lowest BCUT2D eigenvalue weighted by molar-refractivity contribution is 0.0537. The average Bonchev–Trinajstić information content (AvgIpc) is 1.62. The van der Waals surface area contributed by atoms with Crippen LogP contribution in [0, 0.1) is 20.8 Å². The van der Waals surface area contributed by atoms with E-state index in [0.717, 1.165) is 206 Å².